The average Bonchev–Trinajstić information content (AvgIpc) is 2.64. The monoisotopic (exact) mass is 331 g/mol. The summed E-state index contributed by atoms with van der Waals surface area (Å²) in [7, 11) is 0. The number of nitrogens with one attached hydrogen (secondary N) is 1. The number of carbonyl (C=O) groups is 1. The van der Waals surface area contributed by atoms with E-state index in [1.165, 1.54) is 19.3 Å². The molecule has 4 heteroatoms. The van der Waals surface area contributed by atoms with Crippen LogP contribution in [0, 0.1) is 0 Å². The van der Waals surface area contributed by atoms with Crippen LogP contribution in [0.2, 0.25) is 0 Å². The Kier molecular flexibility index (Phi) is 7.57. The van der Waals surface area contributed by atoms with Crippen molar-refractivity contribution in [2.24, 2.45) is 5.84 Å². The second-order valence-electron chi connectivity index (χ2n) is 6.97. The molecule has 0 aliphatic heterocycles. The first-order valence-corrected chi connectivity index (χ1v) is 9.56. The van der Waals surface area contributed by atoms with Crippen molar-refractivity contribution in [1.82, 2.24) is 10.3 Å². The Balaban J connectivity index is 2.08. The van der Waals surface area contributed by atoms with Gasteiger partial charge in [-0.2, -0.15) is 0 Å². The summed E-state index contributed by atoms with van der Waals surface area (Å²) in [5.74, 6) is 6.38. The maximum absolute atomic E-state index is 12.4. The van der Waals surface area contributed by atoms with Crippen LogP contribution >= 0.6 is 0 Å². The molecule has 0 spiro atoms. The molecule has 0 heterocycles. The van der Waals surface area contributed by atoms with Crippen molar-refractivity contribution in [2.45, 2.75) is 83.6 Å². The predicted molar refractivity (Wildman–Crippen MR) is 99.7 cm³/mol. The van der Waals surface area contributed by atoms with Gasteiger partial charge in [0.2, 0.25) is 0 Å². The van der Waals surface area contributed by atoms with E-state index < -0.39 is 0 Å². The molecular weight excluding hydrogens is 298 g/mol. The number of allylic oxidation sites excluding steroid dienone is 2. The molecule has 0 aromatic heterocycles. The minimum atomic E-state index is -0.103. The van der Waals surface area contributed by atoms with Gasteiger partial charge in [-0.1, -0.05) is 45.3 Å². The van der Waals surface area contributed by atoms with Crippen molar-refractivity contribution < 1.29 is 4.79 Å². The molecule has 0 radical (unpaired) electrons. The molecule has 1 saturated carbocycles. The van der Waals surface area contributed by atoms with E-state index in [2.05, 4.69) is 18.8 Å². The maximum Gasteiger partial charge on any atom is 0.254 e. The summed E-state index contributed by atoms with van der Waals surface area (Å²) >= 11 is 0. The molecule has 2 aliphatic rings. The molecule has 1 fully saturated rings. The van der Waals surface area contributed by atoms with Gasteiger partial charge in [-0.15, -0.1) is 0 Å². The van der Waals surface area contributed by atoms with Crippen molar-refractivity contribution in [3.05, 3.63) is 35.7 Å². The highest BCUT2D eigenvalue weighted by atomic mass is 16.1. The molecule has 0 unspecified atom stereocenters. The summed E-state index contributed by atoms with van der Waals surface area (Å²) in [4.78, 5) is 12.4. The fourth-order valence-electron chi connectivity index (χ4n) is 3.69. The van der Waals surface area contributed by atoms with E-state index in [9.17, 15) is 4.79 Å². The first-order valence-electron chi connectivity index (χ1n) is 9.56. The van der Waals surface area contributed by atoms with Crippen LogP contribution in [-0.2, 0) is 4.79 Å². The lowest BCUT2D eigenvalue weighted by atomic mass is 9.88. The molecule has 24 heavy (non-hydrogen) atoms. The number of rotatable bonds is 7. The highest BCUT2D eigenvalue weighted by molar-refractivity contribution is 5.97. The Labute approximate surface area is 146 Å². The van der Waals surface area contributed by atoms with Crippen molar-refractivity contribution in [3.63, 3.8) is 0 Å². The fraction of sp³-hybridized carbons (Fsp3) is 0.650. The first kappa shape index (κ1) is 18.8. The van der Waals surface area contributed by atoms with Crippen LogP contribution in [0.25, 0.3) is 0 Å². The normalized spacial score (nSPS) is 19.6. The third kappa shape index (κ3) is 4.97. The van der Waals surface area contributed by atoms with E-state index in [-0.39, 0.29) is 5.91 Å². The highest BCUT2D eigenvalue weighted by Crippen LogP contribution is 2.33. The summed E-state index contributed by atoms with van der Waals surface area (Å²) in [6.45, 7) is 6.19. The Bertz CT molecular complexity index is 501. The zero-order chi connectivity index (χ0) is 17.4. The van der Waals surface area contributed by atoms with Crippen LogP contribution in [0.1, 0.15) is 77.6 Å². The molecule has 1 amide bonds. The number of carbonyl (C=O) groups excluding carboxylic acids is 1. The summed E-state index contributed by atoms with van der Waals surface area (Å²) in [5.41, 5.74) is 2.79. The SMILES string of the molecule is C=C(C(=O)N/C=C/CCC)C1=C(N(N)C2CCCCC2)CCCC1. The van der Waals surface area contributed by atoms with Gasteiger partial charge in [0.1, 0.15) is 0 Å². The van der Waals surface area contributed by atoms with Gasteiger partial charge in [0.15, 0.2) is 0 Å². The fourth-order valence-corrected chi connectivity index (χ4v) is 3.69. The van der Waals surface area contributed by atoms with Crippen LogP contribution in [0.3, 0.4) is 0 Å². The van der Waals surface area contributed by atoms with Gasteiger partial charge in [0, 0.05) is 23.5 Å². The van der Waals surface area contributed by atoms with Crippen molar-refractivity contribution >= 4 is 5.91 Å². The Morgan fingerprint density at radius 3 is 2.67 bits per heavy atom. The summed E-state index contributed by atoms with van der Waals surface area (Å²) in [6.07, 6.45) is 16.0. The van der Waals surface area contributed by atoms with Crippen LogP contribution in [-0.4, -0.2) is 17.0 Å². The molecule has 2 rings (SSSR count). The Morgan fingerprint density at radius 2 is 1.96 bits per heavy atom. The number of hydrogen-bond acceptors (Lipinski definition) is 3. The smallest absolute Gasteiger partial charge is 0.254 e. The van der Waals surface area contributed by atoms with Gasteiger partial charge in [0.25, 0.3) is 5.91 Å². The van der Waals surface area contributed by atoms with Crippen LogP contribution in [0.4, 0.5) is 0 Å². The number of amides is 1. The highest BCUT2D eigenvalue weighted by Gasteiger charge is 2.26. The molecule has 2 aliphatic carbocycles. The van der Waals surface area contributed by atoms with E-state index in [4.69, 9.17) is 5.84 Å². The van der Waals surface area contributed by atoms with Gasteiger partial charge in [-0.3, -0.25) is 4.79 Å². The molecule has 134 valence electrons. The van der Waals surface area contributed by atoms with Gasteiger partial charge in [0.05, 0.1) is 0 Å². The second-order valence-corrected chi connectivity index (χ2v) is 6.97. The van der Waals surface area contributed by atoms with Crippen molar-refractivity contribution in [2.75, 3.05) is 0 Å². The zero-order valence-corrected chi connectivity index (χ0v) is 15.2. The van der Waals surface area contributed by atoms with E-state index in [0.717, 1.165) is 62.6 Å². The third-order valence-electron chi connectivity index (χ3n) is 5.14. The van der Waals surface area contributed by atoms with E-state index in [0.29, 0.717) is 11.6 Å². The summed E-state index contributed by atoms with van der Waals surface area (Å²) < 4.78 is 0. The molecular formula is C20H33N3O. The molecule has 0 atom stereocenters. The van der Waals surface area contributed by atoms with Crippen LogP contribution in [0.15, 0.2) is 35.7 Å². The molecule has 0 aromatic rings. The quantitative estimate of drug-likeness (QED) is 0.415. The van der Waals surface area contributed by atoms with Crippen molar-refractivity contribution in [3.8, 4) is 0 Å². The lowest BCUT2D eigenvalue weighted by Gasteiger charge is -2.37. The minimum absolute atomic E-state index is 0.103. The van der Waals surface area contributed by atoms with E-state index >= 15 is 0 Å². The standard InChI is InChI=1S/C20H33N3O/c1-3-4-10-15-22-20(24)16(2)18-13-8-9-14-19(18)23(21)17-11-6-5-7-12-17/h10,15,17H,2-9,11-14,21H2,1H3,(H,22,24)/b15-10+. The predicted octanol–water partition coefficient (Wildman–Crippen LogP) is 4.31. The topological polar surface area (TPSA) is 58.4 Å². The van der Waals surface area contributed by atoms with Gasteiger partial charge in [-0.25, -0.2) is 5.84 Å². The van der Waals surface area contributed by atoms with Crippen LogP contribution < -0.4 is 11.2 Å². The van der Waals surface area contributed by atoms with Gasteiger partial charge < -0.3 is 10.3 Å². The van der Waals surface area contributed by atoms with Crippen LogP contribution in [0.5, 0.6) is 0 Å². The largest absolute Gasteiger partial charge is 0.329 e. The van der Waals surface area contributed by atoms with Gasteiger partial charge >= 0.3 is 0 Å². The van der Waals surface area contributed by atoms with E-state index in [1.807, 2.05) is 11.1 Å². The molecule has 0 saturated heterocycles. The zero-order valence-electron chi connectivity index (χ0n) is 15.2. The Morgan fingerprint density at radius 1 is 1.25 bits per heavy atom. The molecule has 0 aromatic carbocycles. The lowest BCUT2D eigenvalue weighted by Crippen LogP contribution is -2.42. The second kappa shape index (κ2) is 9.67. The first-order chi connectivity index (χ1) is 11.6. The number of nitrogens with two attached hydrogens (primary N) is 1. The molecule has 0 bridgehead atoms. The number of hydrazine groups is 1. The lowest BCUT2D eigenvalue weighted by molar-refractivity contribution is -0.116. The van der Waals surface area contributed by atoms with Crippen molar-refractivity contribution in [1.29, 1.82) is 0 Å². The summed E-state index contributed by atoms with van der Waals surface area (Å²) in [6, 6.07) is 0.419. The maximum atomic E-state index is 12.4. The number of nitrogens with zero attached hydrogens (tertiary/aromatic N) is 1. The third-order valence-corrected chi connectivity index (χ3v) is 5.14. The summed E-state index contributed by atoms with van der Waals surface area (Å²) in [5, 5.41) is 4.81. The van der Waals surface area contributed by atoms with Gasteiger partial charge in [-0.05, 0) is 50.5 Å². The minimum Gasteiger partial charge on any atom is -0.329 e. The number of unbranched alkanes of at least 4 members (excludes halogenated alkanes) is 1. The molecule has 3 N–H and O–H groups in total. The molecule has 4 nitrogen and oxygen atoms in total. The number of hydrogen-bond donors (Lipinski definition) is 2. The average molecular weight is 332 g/mol. The van der Waals surface area contributed by atoms with E-state index in [1.54, 1.807) is 6.20 Å². The Hall–Kier alpha value is -1.55.